The maximum Gasteiger partial charge on any atom is 0.310 e. The van der Waals surface area contributed by atoms with Crippen molar-refractivity contribution in [1.29, 1.82) is 0 Å². The van der Waals surface area contributed by atoms with Crippen LogP contribution in [-0.2, 0) is 28.9 Å². The van der Waals surface area contributed by atoms with Crippen molar-refractivity contribution < 1.29 is 29.3 Å². The number of likely N-dealkylation sites (tertiary alicyclic amines) is 1. The van der Waals surface area contributed by atoms with Gasteiger partial charge in [0, 0.05) is 36.7 Å². The lowest BCUT2D eigenvalue weighted by Crippen LogP contribution is -2.35. The number of esters is 1. The van der Waals surface area contributed by atoms with Crippen LogP contribution >= 0.6 is 0 Å². The summed E-state index contributed by atoms with van der Waals surface area (Å²) in [4.78, 5) is 42.6. The van der Waals surface area contributed by atoms with Crippen LogP contribution in [0.25, 0.3) is 10.9 Å². The molecule has 0 radical (unpaired) electrons. The van der Waals surface area contributed by atoms with Gasteiger partial charge < -0.3 is 35.3 Å². The molecular weight excluding hydrogens is 745 g/mol. The first-order chi connectivity index (χ1) is 28.8. The van der Waals surface area contributed by atoms with Crippen molar-refractivity contribution in [2.45, 2.75) is 70.4 Å². The zero-order valence-corrected chi connectivity index (χ0v) is 33.9. The Bertz CT molecular complexity index is 2150. The first kappa shape index (κ1) is 43.1. The number of aliphatic hydroxyl groups excluding tert-OH is 1. The van der Waals surface area contributed by atoms with Gasteiger partial charge in [-0.25, -0.2) is 0 Å². The number of unbranched alkanes of at least 4 members (excludes halogenated alkanes) is 3. The summed E-state index contributed by atoms with van der Waals surface area (Å²) in [5, 5.41) is 27.7. The molecule has 1 amide bonds. The number of rotatable bonds is 22. The highest BCUT2D eigenvalue weighted by molar-refractivity contribution is 5.94. The van der Waals surface area contributed by atoms with Gasteiger partial charge >= 0.3 is 5.97 Å². The monoisotopic (exact) mass is 802 g/mol. The molecule has 312 valence electrons. The number of ether oxygens (including phenoxy) is 2. The minimum Gasteiger partial charge on any atom is -0.506 e. The molecule has 1 aliphatic heterocycles. The van der Waals surface area contributed by atoms with Gasteiger partial charge in [-0.1, -0.05) is 79.6 Å². The number of hydrogen-bond donors (Lipinski definition) is 5. The number of piperidine rings is 1. The Morgan fingerprint density at radius 1 is 0.831 bits per heavy atom. The topological polar surface area (TPSA) is 153 Å². The standard InChI is InChI=1S/C48H58N4O7/c53-43-21-19-41(42-20-22-45(55)51-47(42)43)44(54)32-49-25-8-1-2-9-29-58-40-18-10-16-39(30-40)48(57)50-26-11-17-37-14-6-7-15-38(37)31-46(56)59-34-36-23-27-52(28-24-36)33-35-12-4-3-5-13-35/h3-7,10,12-16,18-22,30,36,44,49,53-54H,1-2,8-9,11,17,23-29,31-34H2,(H,50,57)(H,51,55)/t44-/m0/s1. The molecule has 11 nitrogen and oxygen atoms in total. The third-order valence-corrected chi connectivity index (χ3v) is 11.0. The van der Waals surface area contributed by atoms with E-state index < -0.39 is 6.10 Å². The SMILES string of the molecule is O=C(Cc1ccccc1CCCNC(=O)c1cccc(OCCCCCCNC[C@H](O)c2ccc(O)c3[nH]c(=O)ccc23)c1)OCC1CCN(Cc2ccccc2)CC1. The van der Waals surface area contributed by atoms with Gasteiger partial charge in [0.1, 0.15) is 11.5 Å². The zero-order valence-electron chi connectivity index (χ0n) is 33.9. The second-order valence-electron chi connectivity index (χ2n) is 15.5. The lowest BCUT2D eigenvalue weighted by atomic mass is 9.97. The second kappa shape index (κ2) is 22.6. The minimum atomic E-state index is -0.781. The Balaban J connectivity index is 0.813. The predicted octanol–water partition coefficient (Wildman–Crippen LogP) is 6.86. The molecular formula is C48H58N4O7. The number of nitrogens with zero attached hydrogens (tertiary/aromatic N) is 1. The Labute approximate surface area is 346 Å². The third kappa shape index (κ3) is 13.5. The molecule has 1 fully saturated rings. The maximum atomic E-state index is 13.0. The molecule has 59 heavy (non-hydrogen) atoms. The highest BCUT2D eigenvalue weighted by Crippen LogP contribution is 2.28. The van der Waals surface area contributed by atoms with E-state index in [-0.39, 0.29) is 29.6 Å². The van der Waals surface area contributed by atoms with Gasteiger partial charge in [0.2, 0.25) is 5.56 Å². The predicted molar refractivity (Wildman–Crippen MR) is 231 cm³/mol. The number of fused-ring (bicyclic) bond motifs is 1. The first-order valence-electron chi connectivity index (χ1n) is 21.1. The number of carbonyl (C=O) groups excluding carboxylic acids is 2. The summed E-state index contributed by atoms with van der Waals surface area (Å²) in [7, 11) is 0. The molecule has 6 rings (SSSR count). The van der Waals surface area contributed by atoms with Gasteiger partial charge in [0.15, 0.2) is 0 Å². The minimum absolute atomic E-state index is 0.0286. The number of nitrogens with one attached hydrogen (secondary N) is 3. The number of aromatic amines is 1. The van der Waals surface area contributed by atoms with E-state index in [0.29, 0.717) is 60.0 Å². The second-order valence-corrected chi connectivity index (χ2v) is 15.5. The van der Waals surface area contributed by atoms with E-state index in [1.807, 2.05) is 42.5 Å². The summed E-state index contributed by atoms with van der Waals surface area (Å²) in [6, 6.07) is 31.9. The summed E-state index contributed by atoms with van der Waals surface area (Å²) in [6.07, 6.45) is 6.83. The number of phenolic OH excluding ortho intramolecular Hbond substituents is 1. The number of aromatic hydroxyl groups is 1. The summed E-state index contributed by atoms with van der Waals surface area (Å²) >= 11 is 0. The molecule has 5 N–H and O–H groups in total. The molecule has 11 heteroatoms. The zero-order chi connectivity index (χ0) is 41.2. The number of aryl methyl sites for hydroxylation is 1. The van der Waals surface area contributed by atoms with Crippen LogP contribution in [0.1, 0.15) is 83.7 Å². The Kier molecular flexibility index (Phi) is 16.5. The number of carbonyl (C=O) groups is 2. The number of H-pyrrole nitrogens is 1. The van der Waals surface area contributed by atoms with Gasteiger partial charge in [0.05, 0.1) is 31.3 Å². The van der Waals surface area contributed by atoms with Crippen LogP contribution in [0.2, 0.25) is 0 Å². The van der Waals surface area contributed by atoms with Crippen molar-refractivity contribution in [1.82, 2.24) is 20.5 Å². The van der Waals surface area contributed by atoms with Crippen LogP contribution in [-0.4, -0.2) is 77.9 Å². The van der Waals surface area contributed by atoms with Gasteiger partial charge in [-0.05, 0) is 117 Å². The third-order valence-electron chi connectivity index (χ3n) is 11.0. The normalized spacial score (nSPS) is 13.9. The lowest BCUT2D eigenvalue weighted by Gasteiger charge is -2.31. The van der Waals surface area contributed by atoms with Crippen molar-refractivity contribution in [3.8, 4) is 11.5 Å². The van der Waals surface area contributed by atoms with E-state index in [0.717, 1.165) is 88.7 Å². The molecule has 1 atom stereocenters. The fourth-order valence-corrected chi connectivity index (χ4v) is 7.65. The molecule has 0 bridgehead atoms. The van der Waals surface area contributed by atoms with E-state index in [4.69, 9.17) is 9.47 Å². The lowest BCUT2D eigenvalue weighted by molar-refractivity contribution is -0.144. The van der Waals surface area contributed by atoms with Gasteiger partial charge in [-0.2, -0.15) is 0 Å². The summed E-state index contributed by atoms with van der Waals surface area (Å²) < 4.78 is 11.7. The van der Waals surface area contributed by atoms with Crippen LogP contribution < -0.4 is 20.9 Å². The molecule has 0 saturated carbocycles. The number of pyridine rings is 1. The number of aliphatic hydroxyl groups is 1. The van der Waals surface area contributed by atoms with Crippen LogP contribution in [0, 0.1) is 5.92 Å². The number of phenols is 1. The molecule has 0 unspecified atom stereocenters. The van der Waals surface area contributed by atoms with Crippen molar-refractivity contribution in [2.75, 3.05) is 45.9 Å². The number of benzene rings is 4. The average Bonchev–Trinajstić information content (AvgIpc) is 3.25. The number of amides is 1. The van der Waals surface area contributed by atoms with E-state index in [2.05, 4.69) is 44.8 Å². The number of hydrogen-bond acceptors (Lipinski definition) is 9. The molecule has 1 aromatic heterocycles. The Morgan fingerprint density at radius 3 is 2.44 bits per heavy atom. The van der Waals surface area contributed by atoms with E-state index in [9.17, 15) is 24.6 Å². The average molecular weight is 803 g/mol. The first-order valence-corrected chi connectivity index (χ1v) is 21.1. The molecule has 4 aromatic carbocycles. The Hall–Kier alpha value is -5.49. The van der Waals surface area contributed by atoms with E-state index in [1.54, 1.807) is 24.3 Å². The quantitative estimate of drug-likeness (QED) is 0.0374. The fourth-order valence-electron chi connectivity index (χ4n) is 7.65. The molecule has 0 spiro atoms. The summed E-state index contributed by atoms with van der Waals surface area (Å²) in [6.45, 7) is 5.63. The van der Waals surface area contributed by atoms with Crippen molar-refractivity contribution in [3.05, 3.63) is 141 Å². The largest absolute Gasteiger partial charge is 0.506 e. The summed E-state index contributed by atoms with van der Waals surface area (Å²) in [5.74, 6) is 0.690. The van der Waals surface area contributed by atoms with Crippen molar-refractivity contribution in [2.24, 2.45) is 5.92 Å². The van der Waals surface area contributed by atoms with Crippen LogP contribution in [0.4, 0.5) is 0 Å². The van der Waals surface area contributed by atoms with Crippen LogP contribution in [0.3, 0.4) is 0 Å². The van der Waals surface area contributed by atoms with Crippen LogP contribution in [0.5, 0.6) is 11.5 Å². The highest BCUT2D eigenvalue weighted by Gasteiger charge is 2.21. The number of aromatic nitrogens is 1. The van der Waals surface area contributed by atoms with Gasteiger partial charge in [0.25, 0.3) is 5.91 Å². The van der Waals surface area contributed by atoms with Gasteiger partial charge in [-0.15, -0.1) is 0 Å². The highest BCUT2D eigenvalue weighted by atomic mass is 16.5. The molecule has 0 aliphatic carbocycles. The van der Waals surface area contributed by atoms with Crippen molar-refractivity contribution >= 4 is 22.8 Å². The summed E-state index contributed by atoms with van der Waals surface area (Å²) in [5.41, 5.74) is 4.61. The Morgan fingerprint density at radius 2 is 1.61 bits per heavy atom. The maximum absolute atomic E-state index is 13.0. The van der Waals surface area contributed by atoms with E-state index >= 15 is 0 Å². The molecule has 2 heterocycles. The molecule has 5 aromatic rings. The smallest absolute Gasteiger partial charge is 0.310 e. The molecule has 1 aliphatic rings. The fraction of sp³-hybridized carbons (Fsp3) is 0.396. The molecule has 1 saturated heterocycles. The van der Waals surface area contributed by atoms with Crippen molar-refractivity contribution in [3.63, 3.8) is 0 Å². The van der Waals surface area contributed by atoms with Gasteiger partial charge in [-0.3, -0.25) is 19.3 Å². The van der Waals surface area contributed by atoms with Crippen LogP contribution in [0.15, 0.2) is 108 Å². The van der Waals surface area contributed by atoms with E-state index in [1.165, 1.54) is 17.7 Å².